The van der Waals surface area contributed by atoms with Crippen LogP contribution in [0.5, 0.6) is 0 Å². The molecule has 0 aliphatic carbocycles. The van der Waals surface area contributed by atoms with Crippen LogP contribution in [0.4, 0.5) is 5.82 Å². The van der Waals surface area contributed by atoms with Crippen molar-refractivity contribution in [1.82, 2.24) is 14.9 Å². The molecule has 3 heterocycles. The lowest BCUT2D eigenvalue weighted by atomic mass is 10.1. The Kier molecular flexibility index (Phi) is 4.32. The van der Waals surface area contributed by atoms with Crippen LogP contribution in [-0.2, 0) is 11.3 Å². The van der Waals surface area contributed by atoms with Crippen molar-refractivity contribution in [3.05, 3.63) is 54.0 Å². The van der Waals surface area contributed by atoms with Crippen molar-refractivity contribution in [2.24, 2.45) is 0 Å². The van der Waals surface area contributed by atoms with Crippen LogP contribution < -0.4 is 5.32 Å². The number of nitrogens with zero attached hydrogens (tertiary/aromatic N) is 3. The Morgan fingerprint density at radius 1 is 1.36 bits per heavy atom. The highest BCUT2D eigenvalue weighted by molar-refractivity contribution is 5.74. The average molecular weight is 296 g/mol. The second-order valence-corrected chi connectivity index (χ2v) is 5.53. The Morgan fingerprint density at radius 3 is 3.05 bits per heavy atom. The summed E-state index contributed by atoms with van der Waals surface area (Å²) in [5.74, 6) is 0.953. The van der Waals surface area contributed by atoms with E-state index in [0.29, 0.717) is 6.54 Å². The van der Waals surface area contributed by atoms with Crippen molar-refractivity contribution >= 4 is 11.7 Å². The first-order valence-corrected chi connectivity index (χ1v) is 7.61. The van der Waals surface area contributed by atoms with Crippen LogP contribution >= 0.6 is 0 Å². The van der Waals surface area contributed by atoms with Crippen LogP contribution in [0, 0.1) is 0 Å². The lowest BCUT2D eigenvalue weighted by Crippen LogP contribution is -2.28. The molecule has 5 heteroatoms. The third kappa shape index (κ3) is 3.24. The summed E-state index contributed by atoms with van der Waals surface area (Å²) in [6, 6.07) is 10.00. The molecule has 0 bridgehead atoms. The normalized spacial score (nSPS) is 17.5. The van der Waals surface area contributed by atoms with Gasteiger partial charge in [0.1, 0.15) is 5.82 Å². The van der Waals surface area contributed by atoms with E-state index in [1.165, 1.54) is 0 Å². The monoisotopic (exact) mass is 296 g/mol. The third-order valence-corrected chi connectivity index (χ3v) is 3.97. The van der Waals surface area contributed by atoms with Crippen LogP contribution in [0.2, 0.25) is 0 Å². The van der Waals surface area contributed by atoms with Crippen LogP contribution in [0.3, 0.4) is 0 Å². The fourth-order valence-electron chi connectivity index (χ4n) is 2.88. The van der Waals surface area contributed by atoms with E-state index in [2.05, 4.69) is 15.3 Å². The molecule has 0 saturated carbocycles. The molecule has 1 aliphatic rings. The summed E-state index contributed by atoms with van der Waals surface area (Å²) in [6.07, 6.45) is 5.63. The number of pyridine rings is 2. The zero-order chi connectivity index (χ0) is 15.4. The highest BCUT2D eigenvalue weighted by Crippen LogP contribution is 2.31. The molecule has 1 saturated heterocycles. The second kappa shape index (κ2) is 6.56. The van der Waals surface area contributed by atoms with E-state index >= 15 is 0 Å². The number of aromatic nitrogens is 2. The van der Waals surface area contributed by atoms with Crippen molar-refractivity contribution in [1.29, 1.82) is 0 Å². The smallest absolute Gasteiger partial charge is 0.220 e. The summed E-state index contributed by atoms with van der Waals surface area (Å²) < 4.78 is 0. The summed E-state index contributed by atoms with van der Waals surface area (Å²) in [5.41, 5.74) is 2.07. The van der Waals surface area contributed by atoms with Gasteiger partial charge in [-0.2, -0.15) is 0 Å². The van der Waals surface area contributed by atoms with Crippen LogP contribution in [0.25, 0.3) is 0 Å². The first kappa shape index (κ1) is 14.5. The van der Waals surface area contributed by atoms with E-state index in [1.54, 1.807) is 13.1 Å². The van der Waals surface area contributed by atoms with Crippen molar-refractivity contribution < 1.29 is 4.79 Å². The predicted octanol–water partition coefficient (Wildman–Crippen LogP) is 2.77. The predicted molar refractivity (Wildman–Crippen MR) is 85.2 cm³/mol. The van der Waals surface area contributed by atoms with Crippen LogP contribution in [0.15, 0.2) is 42.7 Å². The topological polar surface area (TPSA) is 58.1 Å². The molecular weight excluding hydrogens is 276 g/mol. The molecule has 0 aromatic carbocycles. The lowest BCUT2D eigenvalue weighted by Gasteiger charge is -2.23. The van der Waals surface area contributed by atoms with Gasteiger partial charge in [-0.05, 0) is 36.6 Å². The lowest BCUT2D eigenvalue weighted by molar-refractivity contribution is -0.129. The first-order chi connectivity index (χ1) is 10.7. The number of likely N-dealkylation sites (tertiary alicyclic amines) is 1. The van der Waals surface area contributed by atoms with Gasteiger partial charge in [0.15, 0.2) is 0 Å². The van der Waals surface area contributed by atoms with Gasteiger partial charge < -0.3 is 10.2 Å². The Morgan fingerprint density at radius 2 is 2.27 bits per heavy atom. The number of carbonyl (C=O) groups is 1. The Bertz CT molecular complexity index is 644. The second-order valence-electron chi connectivity index (χ2n) is 5.53. The highest BCUT2D eigenvalue weighted by Gasteiger charge is 2.28. The largest absolute Gasteiger partial charge is 0.366 e. The fourth-order valence-corrected chi connectivity index (χ4v) is 2.88. The number of hydrogen-bond acceptors (Lipinski definition) is 4. The SMILES string of the molecule is CC(=O)N1CCCC1c1cccc(NCc2cccnc2)n1. The van der Waals surface area contributed by atoms with Crippen molar-refractivity contribution in [3.63, 3.8) is 0 Å². The quantitative estimate of drug-likeness (QED) is 0.942. The molecule has 1 atom stereocenters. The molecule has 1 N–H and O–H groups in total. The maximum atomic E-state index is 11.7. The third-order valence-electron chi connectivity index (χ3n) is 3.97. The van der Waals surface area contributed by atoms with Crippen LogP contribution in [0.1, 0.15) is 37.1 Å². The molecule has 1 fully saturated rings. The Hall–Kier alpha value is -2.43. The van der Waals surface area contributed by atoms with Gasteiger partial charge in [-0.15, -0.1) is 0 Å². The first-order valence-electron chi connectivity index (χ1n) is 7.61. The van der Waals surface area contributed by atoms with E-state index in [9.17, 15) is 4.79 Å². The number of nitrogens with one attached hydrogen (secondary N) is 1. The number of anilines is 1. The summed E-state index contributed by atoms with van der Waals surface area (Å²) in [4.78, 5) is 22.4. The molecule has 0 spiro atoms. The van der Waals surface area contributed by atoms with Gasteiger partial charge in [0, 0.05) is 32.4 Å². The van der Waals surface area contributed by atoms with E-state index < -0.39 is 0 Å². The van der Waals surface area contributed by atoms with E-state index in [0.717, 1.165) is 36.5 Å². The molecular formula is C17H20N4O. The molecule has 22 heavy (non-hydrogen) atoms. The molecule has 1 aliphatic heterocycles. The minimum Gasteiger partial charge on any atom is -0.366 e. The molecule has 114 valence electrons. The van der Waals surface area contributed by atoms with E-state index in [4.69, 9.17) is 0 Å². The highest BCUT2D eigenvalue weighted by atomic mass is 16.2. The van der Waals surface area contributed by atoms with Gasteiger partial charge in [-0.3, -0.25) is 9.78 Å². The summed E-state index contributed by atoms with van der Waals surface area (Å²) in [6.45, 7) is 3.14. The number of amides is 1. The van der Waals surface area contributed by atoms with Gasteiger partial charge in [-0.25, -0.2) is 4.98 Å². The average Bonchev–Trinajstić information content (AvgIpc) is 3.04. The minimum absolute atomic E-state index is 0.109. The molecule has 1 amide bonds. The maximum Gasteiger partial charge on any atom is 0.220 e. The van der Waals surface area contributed by atoms with E-state index in [1.807, 2.05) is 41.4 Å². The fraction of sp³-hybridized carbons (Fsp3) is 0.353. The van der Waals surface area contributed by atoms with Crippen molar-refractivity contribution in [2.75, 3.05) is 11.9 Å². The zero-order valence-electron chi connectivity index (χ0n) is 12.7. The molecule has 5 nitrogen and oxygen atoms in total. The number of rotatable bonds is 4. The number of carbonyl (C=O) groups excluding carboxylic acids is 1. The summed E-state index contributed by atoms with van der Waals surface area (Å²) in [7, 11) is 0. The number of hydrogen-bond donors (Lipinski definition) is 1. The Balaban J connectivity index is 1.71. The minimum atomic E-state index is 0.109. The molecule has 3 rings (SSSR count). The van der Waals surface area contributed by atoms with Crippen LogP contribution in [-0.4, -0.2) is 27.3 Å². The molecule has 1 unspecified atom stereocenters. The van der Waals surface area contributed by atoms with Gasteiger partial charge in [-0.1, -0.05) is 12.1 Å². The van der Waals surface area contributed by atoms with Gasteiger partial charge in [0.05, 0.1) is 11.7 Å². The molecule has 0 radical (unpaired) electrons. The summed E-state index contributed by atoms with van der Waals surface area (Å²) >= 11 is 0. The van der Waals surface area contributed by atoms with Crippen molar-refractivity contribution in [2.45, 2.75) is 32.4 Å². The maximum absolute atomic E-state index is 11.7. The standard InChI is InChI=1S/C17H20N4O/c1-13(22)21-10-4-7-16(21)15-6-2-8-17(20-15)19-12-14-5-3-9-18-11-14/h2-3,5-6,8-9,11,16H,4,7,10,12H2,1H3,(H,19,20). The van der Waals surface area contributed by atoms with E-state index in [-0.39, 0.29) is 11.9 Å². The zero-order valence-corrected chi connectivity index (χ0v) is 12.7. The van der Waals surface area contributed by atoms with Gasteiger partial charge in [0.2, 0.25) is 5.91 Å². The Labute approximate surface area is 130 Å². The van der Waals surface area contributed by atoms with Gasteiger partial charge >= 0.3 is 0 Å². The molecule has 2 aromatic heterocycles. The van der Waals surface area contributed by atoms with Gasteiger partial charge in [0.25, 0.3) is 0 Å². The van der Waals surface area contributed by atoms with Crippen molar-refractivity contribution in [3.8, 4) is 0 Å². The summed E-state index contributed by atoms with van der Waals surface area (Å²) in [5, 5.41) is 3.31. The molecule has 2 aromatic rings.